The molecule has 1 aromatic rings. The van der Waals surface area contributed by atoms with Gasteiger partial charge in [-0.05, 0) is 62.0 Å². The predicted octanol–water partition coefficient (Wildman–Crippen LogP) is 4.05. The quantitative estimate of drug-likeness (QED) is 0.689. The Kier molecular flexibility index (Phi) is 6.24. The van der Waals surface area contributed by atoms with Crippen molar-refractivity contribution in [3.8, 4) is 0 Å². The van der Waals surface area contributed by atoms with E-state index in [0.29, 0.717) is 12.5 Å². The molecule has 0 aromatic carbocycles. The third kappa shape index (κ3) is 4.47. The number of ether oxygens (including phenoxy) is 2. The molecule has 144 valence electrons. The minimum absolute atomic E-state index is 0.143. The fourth-order valence-corrected chi connectivity index (χ4v) is 5.32. The topological polar surface area (TPSA) is 34.6 Å². The summed E-state index contributed by atoms with van der Waals surface area (Å²) in [5.74, 6) is 1.63. The van der Waals surface area contributed by atoms with E-state index in [9.17, 15) is 0 Å². The van der Waals surface area contributed by atoms with Gasteiger partial charge in [0, 0.05) is 45.2 Å². The average Bonchev–Trinajstić information content (AvgIpc) is 3.32. The summed E-state index contributed by atoms with van der Waals surface area (Å²) in [7, 11) is 0. The predicted molar refractivity (Wildman–Crippen MR) is 103 cm³/mol. The lowest BCUT2D eigenvalue weighted by Crippen LogP contribution is -2.48. The highest BCUT2D eigenvalue weighted by atomic mass is 16.5. The second-order valence-corrected chi connectivity index (χ2v) is 8.55. The first kappa shape index (κ1) is 18.4. The summed E-state index contributed by atoms with van der Waals surface area (Å²) < 4.78 is 12.3. The second-order valence-electron chi connectivity index (χ2n) is 8.55. The summed E-state index contributed by atoms with van der Waals surface area (Å²) in [6.45, 7) is 6.22. The van der Waals surface area contributed by atoms with Crippen LogP contribution in [0.25, 0.3) is 0 Å². The monoisotopic (exact) mass is 358 g/mol. The van der Waals surface area contributed by atoms with E-state index >= 15 is 0 Å². The van der Waals surface area contributed by atoms with Gasteiger partial charge in [0.1, 0.15) is 0 Å². The number of hydrogen-bond donors (Lipinski definition) is 0. The van der Waals surface area contributed by atoms with Gasteiger partial charge in [-0.15, -0.1) is 0 Å². The van der Waals surface area contributed by atoms with Crippen LogP contribution in [0.15, 0.2) is 24.5 Å². The van der Waals surface area contributed by atoms with E-state index in [2.05, 4.69) is 16.0 Å². The van der Waals surface area contributed by atoms with Crippen molar-refractivity contribution in [1.29, 1.82) is 0 Å². The molecule has 4 rings (SSSR count). The molecule has 0 unspecified atom stereocenters. The minimum atomic E-state index is 0.143. The molecule has 3 fully saturated rings. The molecule has 1 saturated carbocycles. The van der Waals surface area contributed by atoms with Crippen molar-refractivity contribution >= 4 is 0 Å². The Balaban J connectivity index is 1.20. The molecule has 1 spiro atoms. The number of pyridine rings is 1. The first-order valence-electron chi connectivity index (χ1n) is 10.7. The zero-order chi connectivity index (χ0) is 17.7. The number of nitrogens with zero attached hydrogens (tertiary/aromatic N) is 2. The van der Waals surface area contributed by atoms with Gasteiger partial charge >= 0.3 is 0 Å². The molecular formula is C22H34N2O2. The van der Waals surface area contributed by atoms with E-state index in [1.54, 1.807) is 0 Å². The van der Waals surface area contributed by atoms with Gasteiger partial charge in [0.05, 0.1) is 12.2 Å². The van der Waals surface area contributed by atoms with Gasteiger partial charge in [-0.25, -0.2) is 0 Å². The van der Waals surface area contributed by atoms with Crippen molar-refractivity contribution in [3.05, 3.63) is 30.1 Å². The van der Waals surface area contributed by atoms with Crippen LogP contribution in [0, 0.1) is 11.8 Å². The molecule has 1 aromatic heterocycles. The number of rotatable bonds is 7. The van der Waals surface area contributed by atoms with E-state index < -0.39 is 0 Å². The van der Waals surface area contributed by atoms with E-state index in [4.69, 9.17) is 9.47 Å². The van der Waals surface area contributed by atoms with E-state index in [1.165, 1.54) is 64.6 Å². The molecule has 0 N–H and O–H groups in total. The van der Waals surface area contributed by atoms with Gasteiger partial charge in [-0.1, -0.05) is 18.9 Å². The Morgan fingerprint density at radius 1 is 1.19 bits per heavy atom. The first-order chi connectivity index (χ1) is 12.8. The van der Waals surface area contributed by atoms with Crippen LogP contribution in [0.5, 0.6) is 0 Å². The van der Waals surface area contributed by atoms with E-state index in [1.807, 2.05) is 18.5 Å². The van der Waals surface area contributed by atoms with Crippen LogP contribution in [0.1, 0.15) is 56.9 Å². The molecule has 3 heterocycles. The maximum absolute atomic E-state index is 6.34. The van der Waals surface area contributed by atoms with Crippen LogP contribution in [0.2, 0.25) is 0 Å². The lowest BCUT2D eigenvalue weighted by molar-refractivity contribution is -0.0737. The van der Waals surface area contributed by atoms with Crippen molar-refractivity contribution in [3.63, 3.8) is 0 Å². The summed E-state index contributed by atoms with van der Waals surface area (Å²) in [6, 6.07) is 4.05. The van der Waals surface area contributed by atoms with Gasteiger partial charge in [-0.2, -0.15) is 0 Å². The van der Waals surface area contributed by atoms with Gasteiger partial charge in [0.25, 0.3) is 0 Å². The number of hydrogen-bond acceptors (Lipinski definition) is 4. The summed E-state index contributed by atoms with van der Waals surface area (Å²) in [5, 5.41) is 0. The summed E-state index contributed by atoms with van der Waals surface area (Å²) in [5.41, 5.74) is 1.30. The Hall–Kier alpha value is -0.970. The van der Waals surface area contributed by atoms with Crippen LogP contribution in [-0.2, 0) is 16.1 Å². The lowest BCUT2D eigenvalue weighted by atomic mass is 9.78. The molecule has 3 aliphatic rings. The molecule has 1 aliphatic carbocycles. The van der Waals surface area contributed by atoms with Crippen molar-refractivity contribution < 1.29 is 9.47 Å². The van der Waals surface area contributed by atoms with Gasteiger partial charge in [0.2, 0.25) is 0 Å². The highest BCUT2D eigenvalue weighted by molar-refractivity contribution is 5.06. The summed E-state index contributed by atoms with van der Waals surface area (Å²) >= 11 is 0. The smallest absolute Gasteiger partial charge is 0.0736 e. The molecule has 1 atom stereocenters. The van der Waals surface area contributed by atoms with Crippen LogP contribution >= 0.6 is 0 Å². The summed E-state index contributed by atoms with van der Waals surface area (Å²) in [4.78, 5) is 6.86. The zero-order valence-electron chi connectivity index (χ0n) is 16.1. The molecule has 0 radical (unpaired) electrons. The van der Waals surface area contributed by atoms with Crippen molar-refractivity contribution in [2.45, 2.75) is 63.6 Å². The molecule has 26 heavy (non-hydrogen) atoms. The van der Waals surface area contributed by atoms with Gasteiger partial charge < -0.3 is 14.4 Å². The molecule has 0 bridgehead atoms. The second kappa shape index (κ2) is 8.81. The van der Waals surface area contributed by atoms with Gasteiger partial charge in [0.15, 0.2) is 0 Å². The normalized spacial score (nSPS) is 26.7. The van der Waals surface area contributed by atoms with Crippen LogP contribution in [0.3, 0.4) is 0 Å². The number of piperidine rings is 1. The van der Waals surface area contributed by atoms with E-state index in [-0.39, 0.29) is 5.60 Å². The van der Waals surface area contributed by atoms with Crippen LogP contribution < -0.4 is 0 Å². The highest BCUT2D eigenvalue weighted by Crippen LogP contribution is 2.42. The minimum Gasteiger partial charge on any atom is -0.377 e. The molecular weight excluding hydrogens is 324 g/mol. The summed E-state index contributed by atoms with van der Waals surface area (Å²) in [6.07, 6.45) is 14.3. The molecule has 2 aliphatic heterocycles. The van der Waals surface area contributed by atoms with Crippen LogP contribution in [-0.4, -0.2) is 48.3 Å². The maximum atomic E-state index is 6.34. The van der Waals surface area contributed by atoms with Crippen molar-refractivity contribution in [2.75, 3.05) is 32.8 Å². The SMILES string of the molecule is c1cncc(COCC[C@@H]2CCOC23CCN(CC2CCCC2)CC3)c1. The maximum Gasteiger partial charge on any atom is 0.0736 e. The zero-order valence-corrected chi connectivity index (χ0v) is 16.1. The Bertz CT molecular complexity index is 536. The Morgan fingerprint density at radius 2 is 2.04 bits per heavy atom. The van der Waals surface area contributed by atoms with Gasteiger partial charge in [-0.3, -0.25) is 4.98 Å². The Labute approximate surface area is 158 Å². The molecule has 0 amide bonds. The standard InChI is InChI=1S/C22H34N2O2/c1-2-5-19(4-1)17-24-12-9-22(10-13-24)21(8-15-26-22)7-14-25-18-20-6-3-11-23-16-20/h3,6,11,16,19,21H,1-2,4-5,7-10,12-15,17-18H2/t21-/m1/s1. The fourth-order valence-electron chi connectivity index (χ4n) is 5.32. The van der Waals surface area contributed by atoms with Crippen LogP contribution in [0.4, 0.5) is 0 Å². The molecule has 4 nitrogen and oxygen atoms in total. The largest absolute Gasteiger partial charge is 0.377 e. The highest BCUT2D eigenvalue weighted by Gasteiger charge is 2.45. The molecule has 4 heteroatoms. The first-order valence-corrected chi connectivity index (χ1v) is 10.7. The van der Waals surface area contributed by atoms with Crippen molar-refractivity contribution in [2.24, 2.45) is 11.8 Å². The molecule has 2 saturated heterocycles. The number of aromatic nitrogens is 1. The lowest BCUT2D eigenvalue weighted by Gasteiger charge is -2.43. The van der Waals surface area contributed by atoms with E-state index in [0.717, 1.165) is 31.1 Å². The van der Waals surface area contributed by atoms with Crippen molar-refractivity contribution in [1.82, 2.24) is 9.88 Å². The third-order valence-corrected chi connectivity index (χ3v) is 6.90. The third-order valence-electron chi connectivity index (χ3n) is 6.90. The number of likely N-dealkylation sites (tertiary alicyclic amines) is 1. The fraction of sp³-hybridized carbons (Fsp3) is 0.773. The Morgan fingerprint density at radius 3 is 2.81 bits per heavy atom. The average molecular weight is 359 g/mol.